The highest BCUT2D eigenvalue weighted by Crippen LogP contribution is 2.23. The highest BCUT2D eigenvalue weighted by Gasteiger charge is 2.30. The second-order valence-electron chi connectivity index (χ2n) is 9.21. The van der Waals surface area contributed by atoms with Crippen molar-refractivity contribution in [1.29, 1.82) is 0 Å². The number of aryl methyl sites for hydroxylation is 2. The number of piperidine rings is 1. The van der Waals surface area contributed by atoms with Gasteiger partial charge in [-0.3, -0.25) is 4.79 Å². The molecule has 8 heteroatoms. The molecule has 0 bridgehead atoms. The largest absolute Gasteiger partial charge is 0.345 e. The minimum absolute atomic E-state index is 0.0799. The molecule has 33 heavy (non-hydrogen) atoms. The van der Waals surface area contributed by atoms with E-state index in [-0.39, 0.29) is 10.8 Å². The molecular weight excluding hydrogens is 436 g/mol. The van der Waals surface area contributed by atoms with Gasteiger partial charge in [-0.15, -0.1) is 0 Å². The number of hydrogen-bond acceptors (Lipinski definition) is 4. The van der Waals surface area contributed by atoms with Crippen molar-refractivity contribution in [3.8, 4) is 0 Å². The van der Waals surface area contributed by atoms with E-state index in [9.17, 15) is 13.2 Å². The Morgan fingerprint density at radius 3 is 2.42 bits per heavy atom. The SMILES string of the molecule is Cn1cc(S(=O)(=O)N2CCCCC2)cc1C(=O)N1CCCN(CCCc2ccccc2)CC1. The maximum absolute atomic E-state index is 13.3. The zero-order chi connectivity index (χ0) is 23.3. The molecule has 2 aliphatic heterocycles. The van der Waals surface area contributed by atoms with Crippen LogP contribution in [0.15, 0.2) is 47.5 Å². The second-order valence-corrected chi connectivity index (χ2v) is 11.2. The third-order valence-corrected chi connectivity index (χ3v) is 8.67. The zero-order valence-electron chi connectivity index (χ0n) is 19.7. The van der Waals surface area contributed by atoms with E-state index in [1.165, 1.54) is 5.56 Å². The molecule has 1 amide bonds. The number of carbonyl (C=O) groups excluding carboxylic acids is 1. The van der Waals surface area contributed by atoms with Crippen molar-refractivity contribution in [3.05, 3.63) is 53.9 Å². The Balaban J connectivity index is 1.34. The summed E-state index contributed by atoms with van der Waals surface area (Å²) in [5.41, 5.74) is 1.81. The van der Waals surface area contributed by atoms with Gasteiger partial charge < -0.3 is 14.4 Å². The predicted octanol–water partition coefficient (Wildman–Crippen LogP) is 2.98. The molecule has 0 atom stereocenters. The zero-order valence-corrected chi connectivity index (χ0v) is 20.5. The molecule has 3 heterocycles. The molecule has 0 unspecified atom stereocenters. The molecule has 2 saturated heterocycles. The number of amides is 1. The van der Waals surface area contributed by atoms with Gasteiger partial charge in [0.25, 0.3) is 5.91 Å². The molecular formula is C25H36N4O3S. The molecule has 0 N–H and O–H groups in total. The summed E-state index contributed by atoms with van der Waals surface area (Å²) >= 11 is 0. The van der Waals surface area contributed by atoms with Crippen LogP contribution in [0.1, 0.15) is 48.2 Å². The Kier molecular flexibility index (Phi) is 7.88. The van der Waals surface area contributed by atoms with Gasteiger partial charge in [-0.05, 0) is 56.8 Å². The highest BCUT2D eigenvalue weighted by molar-refractivity contribution is 7.89. The number of nitrogens with zero attached hydrogens (tertiary/aromatic N) is 4. The quantitative estimate of drug-likeness (QED) is 0.622. The molecule has 0 spiro atoms. The van der Waals surface area contributed by atoms with Crippen molar-refractivity contribution in [2.24, 2.45) is 7.05 Å². The molecule has 180 valence electrons. The molecule has 1 aromatic carbocycles. The third kappa shape index (κ3) is 5.86. The van der Waals surface area contributed by atoms with Gasteiger partial charge in [0.2, 0.25) is 10.0 Å². The van der Waals surface area contributed by atoms with E-state index in [0.717, 1.165) is 58.2 Å². The fourth-order valence-corrected chi connectivity index (χ4v) is 6.44. The molecule has 0 radical (unpaired) electrons. The number of aromatic nitrogens is 1. The molecule has 7 nitrogen and oxygen atoms in total. The topological polar surface area (TPSA) is 65.9 Å². The lowest BCUT2D eigenvalue weighted by Crippen LogP contribution is -2.36. The van der Waals surface area contributed by atoms with Crippen LogP contribution in [0.4, 0.5) is 0 Å². The Morgan fingerprint density at radius 1 is 0.909 bits per heavy atom. The van der Waals surface area contributed by atoms with Crippen molar-refractivity contribution in [2.75, 3.05) is 45.8 Å². The monoisotopic (exact) mass is 472 g/mol. The van der Waals surface area contributed by atoms with Crippen LogP contribution in [0, 0.1) is 0 Å². The van der Waals surface area contributed by atoms with Gasteiger partial charge in [0.05, 0.1) is 0 Å². The van der Waals surface area contributed by atoms with Crippen LogP contribution >= 0.6 is 0 Å². The number of benzene rings is 1. The lowest BCUT2D eigenvalue weighted by atomic mass is 10.1. The van der Waals surface area contributed by atoms with E-state index in [1.54, 1.807) is 28.2 Å². The average molecular weight is 473 g/mol. The van der Waals surface area contributed by atoms with Crippen LogP contribution < -0.4 is 0 Å². The van der Waals surface area contributed by atoms with E-state index in [4.69, 9.17) is 0 Å². The van der Waals surface area contributed by atoms with Gasteiger partial charge in [-0.2, -0.15) is 4.31 Å². The van der Waals surface area contributed by atoms with E-state index >= 15 is 0 Å². The van der Waals surface area contributed by atoms with Crippen molar-refractivity contribution in [1.82, 2.24) is 18.7 Å². The number of hydrogen-bond donors (Lipinski definition) is 0. The lowest BCUT2D eigenvalue weighted by Gasteiger charge is -2.25. The van der Waals surface area contributed by atoms with E-state index in [1.807, 2.05) is 11.0 Å². The Bertz CT molecular complexity index is 1030. The molecule has 0 aliphatic carbocycles. The van der Waals surface area contributed by atoms with Crippen molar-refractivity contribution in [2.45, 2.75) is 43.4 Å². The van der Waals surface area contributed by atoms with Crippen molar-refractivity contribution in [3.63, 3.8) is 0 Å². The smallest absolute Gasteiger partial charge is 0.270 e. The molecule has 1 aromatic heterocycles. The normalized spacial score (nSPS) is 18.9. The van der Waals surface area contributed by atoms with Gasteiger partial charge in [0.15, 0.2) is 0 Å². The third-order valence-electron chi connectivity index (χ3n) is 6.81. The molecule has 2 fully saturated rings. The van der Waals surface area contributed by atoms with Gasteiger partial charge in [0, 0.05) is 46.0 Å². The first-order valence-electron chi connectivity index (χ1n) is 12.2. The summed E-state index contributed by atoms with van der Waals surface area (Å²) in [6.45, 7) is 5.36. The predicted molar refractivity (Wildman–Crippen MR) is 130 cm³/mol. The van der Waals surface area contributed by atoms with Crippen LogP contribution in [0.25, 0.3) is 0 Å². The van der Waals surface area contributed by atoms with Crippen LogP contribution in [-0.4, -0.2) is 78.8 Å². The van der Waals surface area contributed by atoms with Crippen LogP contribution in [-0.2, 0) is 23.5 Å². The first-order valence-corrected chi connectivity index (χ1v) is 13.6. The Morgan fingerprint density at radius 2 is 1.67 bits per heavy atom. The summed E-state index contributed by atoms with van der Waals surface area (Å²) in [5.74, 6) is -0.0799. The molecule has 2 aliphatic rings. The second kappa shape index (κ2) is 10.8. The fourth-order valence-electron chi connectivity index (χ4n) is 4.85. The fraction of sp³-hybridized carbons (Fsp3) is 0.560. The van der Waals surface area contributed by atoms with Gasteiger partial charge >= 0.3 is 0 Å². The minimum Gasteiger partial charge on any atom is -0.345 e. The summed E-state index contributed by atoms with van der Waals surface area (Å²) in [4.78, 5) is 17.8. The van der Waals surface area contributed by atoms with Gasteiger partial charge in [-0.1, -0.05) is 36.8 Å². The average Bonchev–Trinajstić information content (AvgIpc) is 3.08. The molecule has 4 rings (SSSR count). The van der Waals surface area contributed by atoms with Crippen LogP contribution in [0.2, 0.25) is 0 Å². The van der Waals surface area contributed by atoms with E-state index in [2.05, 4.69) is 29.2 Å². The van der Waals surface area contributed by atoms with Crippen molar-refractivity contribution < 1.29 is 13.2 Å². The Hall–Kier alpha value is -2.16. The lowest BCUT2D eigenvalue weighted by molar-refractivity contribution is 0.0752. The summed E-state index contributed by atoms with van der Waals surface area (Å²) in [6, 6.07) is 12.1. The van der Waals surface area contributed by atoms with E-state index < -0.39 is 10.0 Å². The van der Waals surface area contributed by atoms with Gasteiger partial charge in [-0.25, -0.2) is 8.42 Å². The summed E-state index contributed by atoms with van der Waals surface area (Å²) in [6.07, 6.45) is 7.56. The first kappa shape index (κ1) is 24.0. The standard InChI is InChI=1S/C25H36N4O3S/c1-26-21-23(33(31,32)29-16-6-3-7-17-29)20-24(26)25(30)28-15-9-14-27(18-19-28)13-8-12-22-10-4-2-5-11-22/h2,4-5,10-11,20-21H,3,6-9,12-19H2,1H3. The first-order chi connectivity index (χ1) is 15.9. The number of rotatable bonds is 7. The highest BCUT2D eigenvalue weighted by atomic mass is 32.2. The minimum atomic E-state index is -3.54. The maximum atomic E-state index is 13.3. The summed E-state index contributed by atoms with van der Waals surface area (Å²) < 4.78 is 29.3. The number of sulfonamides is 1. The molecule has 0 saturated carbocycles. The Labute approximate surface area is 198 Å². The summed E-state index contributed by atoms with van der Waals surface area (Å²) in [5, 5.41) is 0. The number of carbonyl (C=O) groups is 1. The van der Waals surface area contributed by atoms with Crippen LogP contribution in [0.5, 0.6) is 0 Å². The summed E-state index contributed by atoms with van der Waals surface area (Å²) in [7, 11) is -1.78. The molecule has 2 aromatic rings. The maximum Gasteiger partial charge on any atom is 0.270 e. The van der Waals surface area contributed by atoms with Gasteiger partial charge in [0.1, 0.15) is 10.6 Å². The van der Waals surface area contributed by atoms with Crippen molar-refractivity contribution >= 4 is 15.9 Å². The van der Waals surface area contributed by atoms with Crippen LogP contribution in [0.3, 0.4) is 0 Å². The van der Waals surface area contributed by atoms with E-state index in [0.29, 0.717) is 31.9 Å².